The van der Waals surface area contributed by atoms with Crippen LogP contribution >= 0.6 is 0 Å². The molecule has 0 radical (unpaired) electrons. The average molecular weight is 317 g/mol. The maximum Gasteiger partial charge on any atom is 0.252 e. The summed E-state index contributed by atoms with van der Waals surface area (Å²) in [6.45, 7) is 7.56. The van der Waals surface area contributed by atoms with Crippen LogP contribution in [0.1, 0.15) is 44.0 Å². The van der Waals surface area contributed by atoms with Crippen molar-refractivity contribution >= 4 is 16.8 Å². The number of unbranched alkanes of at least 4 members (excludes halogenated alkanes) is 1. The molecule has 1 aromatic heterocycles. The number of benzene rings is 1. The average Bonchev–Trinajstić information content (AvgIpc) is 2.61. The molecule has 1 heterocycles. The molecule has 5 heteroatoms. The predicted octanol–water partition coefficient (Wildman–Crippen LogP) is 3.13. The molecule has 0 spiro atoms. The van der Waals surface area contributed by atoms with E-state index in [1.54, 1.807) is 6.07 Å². The summed E-state index contributed by atoms with van der Waals surface area (Å²) in [6.07, 6.45) is 2.01. The third-order valence-corrected chi connectivity index (χ3v) is 3.12. The number of hydrogen-bond acceptors (Lipinski definition) is 4. The van der Waals surface area contributed by atoms with Crippen molar-refractivity contribution in [2.45, 2.75) is 33.6 Å². The highest BCUT2D eigenvalue weighted by Crippen LogP contribution is 2.22. The lowest BCUT2D eigenvalue weighted by atomic mass is 10.1. The van der Waals surface area contributed by atoms with E-state index in [4.69, 9.17) is 10.5 Å². The van der Waals surface area contributed by atoms with Crippen molar-refractivity contribution in [3.8, 4) is 5.88 Å². The summed E-state index contributed by atoms with van der Waals surface area (Å²) in [7, 11) is 0. The van der Waals surface area contributed by atoms with Crippen LogP contribution in [0.3, 0.4) is 0 Å². The van der Waals surface area contributed by atoms with Crippen LogP contribution in [0, 0.1) is 0 Å². The summed E-state index contributed by atoms with van der Waals surface area (Å²) in [4.78, 5) is 16.7. The van der Waals surface area contributed by atoms with Crippen LogP contribution in [0.25, 0.3) is 10.9 Å². The summed E-state index contributed by atoms with van der Waals surface area (Å²) < 4.78 is 5.63. The van der Waals surface area contributed by atoms with Gasteiger partial charge in [0.15, 0.2) is 0 Å². The number of carbonyl (C=O) groups is 1. The quantitative estimate of drug-likeness (QED) is 0.769. The van der Waals surface area contributed by atoms with Crippen molar-refractivity contribution < 1.29 is 9.53 Å². The molecule has 1 aromatic carbocycles. The Labute approximate surface area is 138 Å². The summed E-state index contributed by atoms with van der Waals surface area (Å²) in [5.41, 5.74) is 6.75. The normalized spacial score (nSPS) is 9.91. The van der Waals surface area contributed by atoms with Crippen LogP contribution in [0.4, 0.5) is 0 Å². The Morgan fingerprint density at radius 1 is 1.30 bits per heavy atom. The zero-order valence-corrected chi connectivity index (χ0v) is 14.3. The Balaban J connectivity index is 0.00000127. The first-order valence-electron chi connectivity index (χ1n) is 8.27. The van der Waals surface area contributed by atoms with Crippen LogP contribution in [0.15, 0.2) is 30.3 Å². The van der Waals surface area contributed by atoms with Gasteiger partial charge in [-0.05, 0) is 12.5 Å². The number of nitrogens with zero attached hydrogens (tertiary/aromatic N) is 1. The number of hydrogen-bond donors (Lipinski definition) is 2. The van der Waals surface area contributed by atoms with E-state index in [0.29, 0.717) is 31.1 Å². The lowest BCUT2D eigenvalue weighted by Gasteiger charge is -2.10. The standard InChI is InChI=1S/C16H21N3O2.C2H6/c1-2-3-10-21-15-11-13(16(20)18-9-8-17)12-6-4-5-7-14(12)19-15;1-2/h4-7,11H,2-3,8-10,17H2,1H3,(H,18,20);1-2H3. The van der Waals surface area contributed by atoms with Gasteiger partial charge in [-0.3, -0.25) is 4.79 Å². The Bertz CT molecular complexity index is 614. The highest BCUT2D eigenvalue weighted by atomic mass is 16.5. The number of amides is 1. The molecule has 0 unspecified atom stereocenters. The number of ether oxygens (including phenoxy) is 1. The molecule has 0 saturated heterocycles. The van der Waals surface area contributed by atoms with Crippen molar-refractivity contribution in [1.29, 1.82) is 0 Å². The molecule has 0 aliphatic rings. The van der Waals surface area contributed by atoms with Crippen molar-refractivity contribution in [3.05, 3.63) is 35.9 Å². The first-order valence-corrected chi connectivity index (χ1v) is 8.27. The van der Waals surface area contributed by atoms with E-state index in [2.05, 4.69) is 17.2 Å². The van der Waals surface area contributed by atoms with Gasteiger partial charge in [0.2, 0.25) is 5.88 Å². The zero-order chi connectivity index (χ0) is 17.1. The Hall–Kier alpha value is -2.14. The molecule has 1 amide bonds. The first kappa shape index (κ1) is 18.9. The lowest BCUT2D eigenvalue weighted by Crippen LogP contribution is -2.29. The number of rotatable bonds is 7. The lowest BCUT2D eigenvalue weighted by molar-refractivity contribution is 0.0956. The van der Waals surface area contributed by atoms with Crippen LogP contribution in [-0.4, -0.2) is 30.6 Å². The van der Waals surface area contributed by atoms with Crippen LogP contribution in [0.5, 0.6) is 5.88 Å². The molecule has 2 rings (SSSR count). The number of para-hydroxylation sites is 1. The van der Waals surface area contributed by atoms with E-state index in [0.717, 1.165) is 23.7 Å². The molecule has 3 N–H and O–H groups in total. The molecule has 0 saturated carbocycles. The van der Waals surface area contributed by atoms with E-state index < -0.39 is 0 Å². The van der Waals surface area contributed by atoms with E-state index in [9.17, 15) is 4.79 Å². The van der Waals surface area contributed by atoms with Gasteiger partial charge in [-0.2, -0.15) is 0 Å². The molecular formula is C18H27N3O2. The fourth-order valence-electron chi connectivity index (χ4n) is 2.01. The predicted molar refractivity (Wildman–Crippen MR) is 94.9 cm³/mol. The van der Waals surface area contributed by atoms with Crippen molar-refractivity contribution in [2.24, 2.45) is 5.73 Å². The largest absolute Gasteiger partial charge is 0.478 e. The molecule has 5 nitrogen and oxygen atoms in total. The van der Waals surface area contributed by atoms with E-state index >= 15 is 0 Å². The Morgan fingerprint density at radius 2 is 2.04 bits per heavy atom. The topological polar surface area (TPSA) is 77.2 Å². The second-order valence-corrected chi connectivity index (χ2v) is 4.77. The third-order valence-electron chi connectivity index (χ3n) is 3.12. The highest BCUT2D eigenvalue weighted by Gasteiger charge is 2.13. The number of nitrogens with two attached hydrogens (primary N) is 1. The molecule has 0 fully saturated rings. The number of pyridine rings is 1. The van der Waals surface area contributed by atoms with Gasteiger partial charge in [0, 0.05) is 24.5 Å². The monoisotopic (exact) mass is 317 g/mol. The molecule has 0 bridgehead atoms. The second-order valence-electron chi connectivity index (χ2n) is 4.77. The van der Waals surface area contributed by atoms with Gasteiger partial charge in [-0.15, -0.1) is 0 Å². The zero-order valence-electron chi connectivity index (χ0n) is 14.3. The fraction of sp³-hybridized carbons (Fsp3) is 0.444. The molecule has 0 atom stereocenters. The molecule has 126 valence electrons. The molecule has 0 aliphatic carbocycles. The van der Waals surface area contributed by atoms with Gasteiger partial charge < -0.3 is 15.8 Å². The second kappa shape index (κ2) is 10.6. The maximum atomic E-state index is 12.2. The number of carbonyl (C=O) groups excluding carboxylic acids is 1. The third kappa shape index (κ3) is 5.53. The highest BCUT2D eigenvalue weighted by molar-refractivity contribution is 6.06. The van der Waals surface area contributed by atoms with Gasteiger partial charge in [0.25, 0.3) is 5.91 Å². The summed E-state index contributed by atoms with van der Waals surface area (Å²) in [6, 6.07) is 9.25. The first-order chi connectivity index (χ1) is 11.3. The molecular weight excluding hydrogens is 290 g/mol. The molecule has 2 aromatic rings. The maximum absolute atomic E-state index is 12.2. The van der Waals surface area contributed by atoms with E-state index in [1.807, 2.05) is 38.1 Å². The smallest absolute Gasteiger partial charge is 0.252 e. The van der Waals surface area contributed by atoms with Crippen molar-refractivity contribution in [2.75, 3.05) is 19.7 Å². The number of fused-ring (bicyclic) bond motifs is 1. The minimum absolute atomic E-state index is 0.153. The fourth-order valence-corrected chi connectivity index (χ4v) is 2.01. The minimum Gasteiger partial charge on any atom is -0.478 e. The summed E-state index contributed by atoms with van der Waals surface area (Å²) in [5, 5.41) is 3.60. The van der Waals surface area contributed by atoms with Gasteiger partial charge >= 0.3 is 0 Å². The number of aromatic nitrogens is 1. The molecule has 23 heavy (non-hydrogen) atoms. The van der Waals surface area contributed by atoms with Crippen molar-refractivity contribution in [3.63, 3.8) is 0 Å². The summed E-state index contributed by atoms with van der Waals surface area (Å²) >= 11 is 0. The SMILES string of the molecule is CC.CCCCOc1cc(C(=O)NCCN)c2ccccc2n1. The van der Waals surface area contributed by atoms with Crippen LogP contribution in [-0.2, 0) is 0 Å². The van der Waals surface area contributed by atoms with Crippen molar-refractivity contribution in [1.82, 2.24) is 10.3 Å². The van der Waals surface area contributed by atoms with E-state index in [1.165, 1.54) is 0 Å². The van der Waals surface area contributed by atoms with Gasteiger partial charge in [0.05, 0.1) is 17.7 Å². The van der Waals surface area contributed by atoms with Crippen LogP contribution < -0.4 is 15.8 Å². The van der Waals surface area contributed by atoms with Gasteiger partial charge in [-0.1, -0.05) is 45.4 Å². The number of nitrogens with one attached hydrogen (secondary N) is 1. The Kier molecular flexibility index (Phi) is 8.68. The minimum atomic E-state index is -0.153. The van der Waals surface area contributed by atoms with Gasteiger partial charge in [-0.25, -0.2) is 4.98 Å². The van der Waals surface area contributed by atoms with Crippen LogP contribution in [0.2, 0.25) is 0 Å². The summed E-state index contributed by atoms with van der Waals surface area (Å²) in [5.74, 6) is 0.333. The van der Waals surface area contributed by atoms with Gasteiger partial charge in [0.1, 0.15) is 0 Å². The Morgan fingerprint density at radius 3 is 2.74 bits per heavy atom. The van der Waals surface area contributed by atoms with E-state index in [-0.39, 0.29) is 5.91 Å². The molecule has 0 aliphatic heterocycles.